The molecule has 0 saturated heterocycles. The fourth-order valence-corrected chi connectivity index (χ4v) is 0.865. The molecule has 1 N–H and O–H groups in total. The van der Waals surface area contributed by atoms with Crippen LogP contribution in [0.15, 0.2) is 24.3 Å². The van der Waals surface area contributed by atoms with E-state index < -0.39 is 0 Å². The van der Waals surface area contributed by atoms with Gasteiger partial charge in [0.1, 0.15) is 0 Å². The van der Waals surface area contributed by atoms with Crippen molar-refractivity contribution in [2.45, 2.75) is 6.92 Å². The number of hydrogen-bond acceptors (Lipinski definition) is 1. The highest BCUT2D eigenvalue weighted by molar-refractivity contribution is 5.47. The number of hydrogen-bond donors (Lipinski definition) is 1. The molecule has 0 aromatic heterocycles. The Balaban J connectivity index is 2.88. The van der Waals surface area contributed by atoms with Crippen molar-refractivity contribution in [3.8, 4) is 11.8 Å². The van der Waals surface area contributed by atoms with Crippen LogP contribution in [0.4, 0.5) is 5.69 Å². The first-order chi connectivity index (χ1) is 5.36. The molecular weight excluding hydrogens is 134 g/mol. The van der Waals surface area contributed by atoms with Gasteiger partial charge in [0, 0.05) is 18.3 Å². The quantitative estimate of drug-likeness (QED) is 0.597. The van der Waals surface area contributed by atoms with Crippen molar-refractivity contribution in [3.05, 3.63) is 29.8 Å². The molecule has 0 spiro atoms. The maximum Gasteiger partial charge on any atom is 0.0338 e. The third kappa shape index (κ3) is 2.01. The third-order valence-corrected chi connectivity index (χ3v) is 1.44. The standard InChI is InChI=1S/C10H11N/c1-3-4-9-5-7-10(11-2)8-6-9/h5-8,11H,1-2H3. The van der Waals surface area contributed by atoms with Crippen molar-refractivity contribution in [2.75, 3.05) is 12.4 Å². The first kappa shape index (κ1) is 7.68. The Morgan fingerprint density at radius 3 is 2.27 bits per heavy atom. The molecule has 0 fully saturated rings. The molecule has 0 aliphatic carbocycles. The molecule has 1 aromatic carbocycles. The number of rotatable bonds is 1. The Labute approximate surface area is 67.4 Å². The first-order valence-corrected chi connectivity index (χ1v) is 3.57. The summed E-state index contributed by atoms with van der Waals surface area (Å²) >= 11 is 0. The summed E-state index contributed by atoms with van der Waals surface area (Å²) in [4.78, 5) is 0. The van der Waals surface area contributed by atoms with E-state index in [0.717, 1.165) is 11.3 Å². The van der Waals surface area contributed by atoms with Crippen molar-refractivity contribution in [1.29, 1.82) is 0 Å². The van der Waals surface area contributed by atoms with Gasteiger partial charge in [0.25, 0.3) is 0 Å². The van der Waals surface area contributed by atoms with Crippen molar-refractivity contribution in [1.82, 2.24) is 0 Å². The Morgan fingerprint density at radius 2 is 1.82 bits per heavy atom. The second-order valence-corrected chi connectivity index (χ2v) is 2.20. The van der Waals surface area contributed by atoms with E-state index in [1.54, 1.807) is 0 Å². The van der Waals surface area contributed by atoms with Crippen molar-refractivity contribution in [2.24, 2.45) is 0 Å². The van der Waals surface area contributed by atoms with Crippen LogP contribution in [0.1, 0.15) is 12.5 Å². The molecule has 0 amide bonds. The Morgan fingerprint density at radius 1 is 1.18 bits per heavy atom. The smallest absolute Gasteiger partial charge is 0.0338 e. The highest BCUT2D eigenvalue weighted by Gasteiger charge is 1.86. The fourth-order valence-electron chi connectivity index (χ4n) is 0.865. The van der Waals surface area contributed by atoms with Crippen LogP contribution in [0, 0.1) is 11.8 Å². The van der Waals surface area contributed by atoms with Gasteiger partial charge in [-0.3, -0.25) is 0 Å². The molecule has 0 saturated carbocycles. The predicted octanol–water partition coefficient (Wildman–Crippen LogP) is 2.10. The monoisotopic (exact) mass is 145 g/mol. The minimum absolute atomic E-state index is 1.06. The molecule has 1 nitrogen and oxygen atoms in total. The van der Waals surface area contributed by atoms with Gasteiger partial charge in [0.2, 0.25) is 0 Å². The minimum Gasteiger partial charge on any atom is -0.388 e. The van der Waals surface area contributed by atoms with Crippen LogP contribution in [0.25, 0.3) is 0 Å². The van der Waals surface area contributed by atoms with Crippen LogP contribution in [-0.2, 0) is 0 Å². The van der Waals surface area contributed by atoms with E-state index in [2.05, 4.69) is 17.2 Å². The topological polar surface area (TPSA) is 12.0 Å². The van der Waals surface area contributed by atoms with Crippen molar-refractivity contribution >= 4 is 5.69 Å². The summed E-state index contributed by atoms with van der Waals surface area (Å²) in [7, 11) is 1.90. The minimum atomic E-state index is 1.06. The van der Waals surface area contributed by atoms with Gasteiger partial charge in [-0.05, 0) is 31.2 Å². The summed E-state index contributed by atoms with van der Waals surface area (Å²) in [6, 6.07) is 8.03. The zero-order valence-corrected chi connectivity index (χ0v) is 6.81. The predicted molar refractivity (Wildman–Crippen MR) is 48.5 cm³/mol. The lowest BCUT2D eigenvalue weighted by molar-refractivity contribution is 1.50. The molecule has 1 aromatic rings. The highest BCUT2D eigenvalue weighted by atomic mass is 14.8. The summed E-state index contributed by atoms with van der Waals surface area (Å²) < 4.78 is 0. The largest absolute Gasteiger partial charge is 0.388 e. The first-order valence-electron chi connectivity index (χ1n) is 3.57. The highest BCUT2D eigenvalue weighted by Crippen LogP contribution is 2.06. The lowest BCUT2D eigenvalue weighted by Gasteiger charge is -1.97. The molecule has 11 heavy (non-hydrogen) atoms. The Hall–Kier alpha value is -1.42. The average molecular weight is 145 g/mol. The molecule has 1 rings (SSSR count). The van der Waals surface area contributed by atoms with Crippen LogP contribution < -0.4 is 5.32 Å². The lowest BCUT2D eigenvalue weighted by atomic mass is 10.2. The number of anilines is 1. The van der Waals surface area contributed by atoms with Gasteiger partial charge >= 0.3 is 0 Å². The number of nitrogens with one attached hydrogen (secondary N) is 1. The molecule has 1 heteroatoms. The van der Waals surface area contributed by atoms with Crippen LogP contribution in [0.2, 0.25) is 0 Å². The van der Waals surface area contributed by atoms with Gasteiger partial charge in [-0.15, -0.1) is 5.92 Å². The van der Waals surface area contributed by atoms with E-state index in [4.69, 9.17) is 0 Å². The summed E-state index contributed by atoms with van der Waals surface area (Å²) in [5.41, 5.74) is 2.18. The Kier molecular flexibility index (Phi) is 2.57. The van der Waals surface area contributed by atoms with E-state index in [1.807, 2.05) is 38.2 Å². The van der Waals surface area contributed by atoms with Gasteiger partial charge in [-0.25, -0.2) is 0 Å². The molecule has 0 aliphatic heterocycles. The number of benzene rings is 1. The van der Waals surface area contributed by atoms with E-state index >= 15 is 0 Å². The van der Waals surface area contributed by atoms with Gasteiger partial charge in [-0.1, -0.05) is 5.92 Å². The lowest BCUT2D eigenvalue weighted by Crippen LogP contribution is -1.86. The van der Waals surface area contributed by atoms with Crippen molar-refractivity contribution in [3.63, 3.8) is 0 Å². The van der Waals surface area contributed by atoms with Crippen LogP contribution in [0.3, 0.4) is 0 Å². The van der Waals surface area contributed by atoms with E-state index in [9.17, 15) is 0 Å². The molecule has 0 heterocycles. The molecule has 0 bridgehead atoms. The fraction of sp³-hybridized carbons (Fsp3) is 0.200. The molecular formula is C10H11N. The van der Waals surface area contributed by atoms with Gasteiger partial charge in [0.15, 0.2) is 0 Å². The maximum atomic E-state index is 3.05. The SMILES string of the molecule is CC#Cc1ccc(NC)cc1. The summed E-state index contributed by atoms with van der Waals surface area (Å²) in [6.45, 7) is 1.84. The molecule has 0 unspecified atom stereocenters. The van der Waals surface area contributed by atoms with Crippen molar-refractivity contribution < 1.29 is 0 Å². The average Bonchev–Trinajstić information content (AvgIpc) is 2.07. The maximum absolute atomic E-state index is 3.05. The Bertz CT molecular complexity index is 274. The molecule has 56 valence electrons. The zero-order chi connectivity index (χ0) is 8.10. The second-order valence-electron chi connectivity index (χ2n) is 2.20. The van der Waals surface area contributed by atoms with Gasteiger partial charge in [-0.2, -0.15) is 0 Å². The summed E-state index contributed by atoms with van der Waals surface area (Å²) in [5.74, 6) is 5.83. The van der Waals surface area contributed by atoms with Gasteiger partial charge < -0.3 is 5.32 Å². The molecule has 0 aliphatic rings. The van der Waals surface area contributed by atoms with Crippen LogP contribution in [-0.4, -0.2) is 7.05 Å². The second kappa shape index (κ2) is 3.68. The van der Waals surface area contributed by atoms with E-state index in [0.29, 0.717) is 0 Å². The van der Waals surface area contributed by atoms with Gasteiger partial charge in [0.05, 0.1) is 0 Å². The normalized spacial score (nSPS) is 8.18. The molecule has 0 radical (unpaired) electrons. The van der Waals surface area contributed by atoms with Crippen LogP contribution in [0.5, 0.6) is 0 Å². The van der Waals surface area contributed by atoms with Crippen LogP contribution >= 0.6 is 0 Å². The van der Waals surface area contributed by atoms with E-state index in [1.165, 1.54) is 0 Å². The molecule has 0 atom stereocenters. The summed E-state index contributed by atoms with van der Waals surface area (Å²) in [5, 5.41) is 3.05. The zero-order valence-electron chi connectivity index (χ0n) is 6.81. The summed E-state index contributed by atoms with van der Waals surface area (Å²) in [6.07, 6.45) is 0. The van der Waals surface area contributed by atoms with E-state index in [-0.39, 0.29) is 0 Å². The third-order valence-electron chi connectivity index (χ3n) is 1.44.